The van der Waals surface area contributed by atoms with Gasteiger partial charge in [-0.25, -0.2) is 9.18 Å². The molecule has 1 aromatic carbocycles. The summed E-state index contributed by atoms with van der Waals surface area (Å²) < 4.78 is 14.0. The number of aliphatic carboxylic acids is 1. The predicted octanol–water partition coefficient (Wildman–Crippen LogP) is 2.80. The molecule has 1 saturated carbocycles. The van der Waals surface area contributed by atoms with Crippen molar-refractivity contribution in [3.63, 3.8) is 0 Å². The number of halogens is 1. The smallest absolute Gasteiger partial charge is 0.335 e. The molecule has 2 N–H and O–H groups in total. The van der Waals surface area contributed by atoms with Crippen LogP contribution in [0.3, 0.4) is 0 Å². The van der Waals surface area contributed by atoms with E-state index in [1.54, 1.807) is 0 Å². The highest BCUT2D eigenvalue weighted by Gasteiger charge is 2.35. The van der Waals surface area contributed by atoms with Crippen molar-refractivity contribution in [1.29, 1.82) is 0 Å². The summed E-state index contributed by atoms with van der Waals surface area (Å²) in [4.78, 5) is 22.0. The zero-order valence-corrected chi connectivity index (χ0v) is 10.5. The molecule has 102 valence electrons. The third-order valence-corrected chi connectivity index (χ3v) is 3.56. The first-order valence-corrected chi connectivity index (χ1v) is 6.15. The monoisotopic (exact) mass is 266 g/mol. The molecule has 0 saturated heterocycles. The Hall–Kier alpha value is -1.91. The summed E-state index contributed by atoms with van der Waals surface area (Å²) in [6.45, 7) is 1.53. The van der Waals surface area contributed by atoms with Crippen LogP contribution in [0.2, 0.25) is 0 Å². The minimum absolute atomic E-state index is 0.0347. The number of rotatable bonds is 5. The molecule has 0 radical (unpaired) electrons. The molecule has 0 aliphatic heterocycles. The Bertz CT molecular complexity index is 534. The number of aromatic carboxylic acids is 1. The number of benzene rings is 1. The second-order valence-corrected chi connectivity index (χ2v) is 5.04. The van der Waals surface area contributed by atoms with Gasteiger partial charge in [0, 0.05) is 5.92 Å². The fraction of sp³-hybridized carbons (Fsp3) is 0.429. The van der Waals surface area contributed by atoms with Gasteiger partial charge in [-0.05, 0) is 48.9 Å². The fourth-order valence-corrected chi connectivity index (χ4v) is 2.42. The van der Waals surface area contributed by atoms with Crippen molar-refractivity contribution in [1.82, 2.24) is 0 Å². The molecule has 0 bridgehead atoms. The van der Waals surface area contributed by atoms with Crippen molar-refractivity contribution in [2.75, 3.05) is 0 Å². The summed E-state index contributed by atoms with van der Waals surface area (Å²) in [6.07, 6.45) is 1.57. The molecule has 1 atom stereocenters. The maximum Gasteiger partial charge on any atom is 0.335 e. The van der Waals surface area contributed by atoms with Crippen molar-refractivity contribution in [3.8, 4) is 0 Å². The fourth-order valence-electron chi connectivity index (χ4n) is 2.42. The number of hydrogen-bond acceptors (Lipinski definition) is 2. The summed E-state index contributed by atoms with van der Waals surface area (Å²) in [6, 6.07) is 2.47. The summed E-state index contributed by atoms with van der Waals surface area (Å²) >= 11 is 0. The lowest BCUT2D eigenvalue weighted by molar-refractivity contribution is -0.137. The van der Waals surface area contributed by atoms with Crippen LogP contribution in [-0.2, 0) is 4.79 Å². The molecule has 1 aliphatic carbocycles. The van der Waals surface area contributed by atoms with E-state index in [2.05, 4.69) is 0 Å². The summed E-state index contributed by atoms with van der Waals surface area (Å²) in [5, 5.41) is 18.0. The Morgan fingerprint density at radius 3 is 2.47 bits per heavy atom. The van der Waals surface area contributed by atoms with Gasteiger partial charge in [-0.1, -0.05) is 0 Å². The lowest BCUT2D eigenvalue weighted by Gasteiger charge is -2.17. The summed E-state index contributed by atoms with van der Waals surface area (Å²) in [5.74, 6) is -2.91. The van der Waals surface area contributed by atoms with Gasteiger partial charge >= 0.3 is 11.9 Å². The van der Waals surface area contributed by atoms with E-state index in [9.17, 15) is 14.0 Å². The Balaban J connectivity index is 2.43. The minimum Gasteiger partial charge on any atom is -0.481 e. The second kappa shape index (κ2) is 4.99. The van der Waals surface area contributed by atoms with Crippen LogP contribution in [0.25, 0.3) is 0 Å². The van der Waals surface area contributed by atoms with Crippen molar-refractivity contribution < 1.29 is 24.2 Å². The van der Waals surface area contributed by atoms with E-state index in [1.807, 2.05) is 0 Å². The summed E-state index contributed by atoms with van der Waals surface area (Å²) in [7, 11) is 0. The van der Waals surface area contributed by atoms with Gasteiger partial charge in [0.1, 0.15) is 5.82 Å². The molecule has 1 aromatic rings. The molecule has 1 unspecified atom stereocenters. The van der Waals surface area contributed by atoms with Crippen molar-refractivity contribution in [3.05, 3.63) is 34.6 Å². The predicted molar refractivity (Wildman–Crippen MR) is 65.8 cm³/mol. The highest BCUT2D eigenvalue weighted by atomic mass is 19.1. The molecule has 2 rings (SSSR count). The molecular formula is C14H15FO4. The van der Waals surface area contributed by atoms with Gasteiger partial charge in [0.05, 0.1) is 12.0 Å². The Morgan fingerprint density at radius 2 is 2.00 bits per heavy atom. The van der Waals surface area contributed by atoms with Crippen LogP contribution in [0.1, 0.15) is 46.7 Å². The first-order chi connectivity index (χ1) is 8.90. The highest BCUT2D eigenvalue weighted by molar-refractivity contribution is 5.89. The maximum absolute atomic E-state index is 14.0. The van der Waals surface area contributed by atoms with Crippen molar-refractivity contribution >= 4 is 11.9 Å². The zero-order chi connectivity index (χ0) is 14.2. The first kappa shape index (κ1) is 13.5. The maximum atomic E-state index is 14.0. The third-order valence-electron chi connectivity index (χ3n) is 3.56. The zero-order valence-electron chi connectivity index (χ0n) is 10.5. The molecule has 0 aromatic heterocycles. The lowest BCUT2D eigenvalue weighted by Crippen LogP contribution is -2.12. The van der Waals surface area contributed by atoms with E-state index in [0.29, 0.717) is 5.56 Å². The Labute approximate surface area is 109 Å². The first-order valence-electron chi connectivity index (χ1n) is 6.15. The highest BCUT2D eigenvalue weighted by Crippen LogP contribution is 2.45. The van der Waals surface area contributed by atoms with E-state index < -0.39 is 23.7 Å². The molecule has 0 amide bonds. The molecule has 1 fully saturated rings. The van der Waals surface area contributed by atoms with Crippen LogP contribution in [0.4, 0.5) is 4.39 Å². The van der Waals surface area contributed by atoms with Gasteiger partial charge < -0.3 is 10.2 Å². The van der Waals surface area contributed by atoms with Crippen LogP contribution in [0.15, 0.2) is 12.1 Å². The van der Waals surface area contributed by atoms with Gasteiger partial charge in [0.2, 0.25) is 0 Å². The molecular weight excluding hydrogens is 251 g/mol. The van der Waals surface area contributed by atoms with E-state index in [-0.39, 0.29) is 23.5 Å². The largest absolute Gasteiger partial charge is 0.481 e. The van der Waals surface area contributed by atoms with Crippen LogP contribution < -0.4 is 0 Å². The number of hydrogen-bond donors (Lipinski definition) is 2. The van der Waals surface area contributed by atoms with Gasteiger partial charge in [-0.3, -0.25) is 4.79 Å². The number of aryl methyl sites for hydroxylation is 1. The number of carboxylic acid groups (broad SMARTS) is 2. The summed E-state index contributed by atoms with van der Waals surface area (Å²) in [5.41, 5.74) is 0.596. The second-order valence-electron chi connectivity index (χ2n) is 5.04. The molecule has 19 heavy (non-hydrogen) atoms. The van der Waals surface area contributed by atoms with Gasteiger partial charge in [-0.2, -0.15) is 0 Å². The minimum atomic E-state index is -1.12. The average Bonchev–Trinajstić information content (AvgIpc) is 3.09. The molecule has 0 spiro atoms. The van der Waals surface area contributed by atoms with Crippen LogP contribution in [0, 0.1) is 18.7 Å². The Kier molecular flexibility index (Phi) is 3.55. The van der Waals surface area contributed by atoms with Crippen LogP contribution in [0.5, 0.6) is 0 Å². The standard InChI is InChI=1S/C14H15FO4/c1-7-4-12(15)11(5-9(7)14(18)19)10(6-13(16)17)8-2-3-8/h4-5,8,10H,2-3,6H2,1H3,(H,16,17)(H,18,19). The van der Waals surface area contributed by atoms with Crippen LogP contribution in [-0.4, -0.2) is 22.2 Å². The normalized spacial score (nSPS) is 16.1. The van der Waals surface area contributed by atoms with E-state index in [1.165, 1.54) is 19.1 Å². The van der Waals surface area contributed by atoms with Crippen molar-refractivity contribution in [2.24, 2.45) is 5.92 Å². The van der Waals surface area contributed by atoms with Gasteiger partial charge in [0.15, 0.2) is 0 Å². The van der Waals surface area contributed by atoms with E-state index in [4.69, 9.17) is 10.2 Å². The quantitative estimate of drug-likeness (QED) is 0.859. The molecule has 4 nitrogen and oxygen atoms in total. The van der Waals surface area contributed by atoms with Crippen LogP contribution >= 0.6 is 0 Å². The van der Waals surface area contributed by atoms with E-state index >= 15 is 0 Å². The van der Waals surface area contributed by atoms with Crippen molar-refractivity contribution in [2.45, 2.75) is 32.1 Å². The Morgan fingerprint density at radius 1 is 1.37 bits per heavy atom. The SMILES string of the molecule is Cc1cc(F)c(C(CC(=O)O)C2CC2)cc1C(=O)O. The topological polar surface area (TPSA) is 74.6 Å². The number of carboxylic acids is 2. The third kappa shape index (κ3) is 2.92. The molecule has 5 heteroatoms. The number of carbonyl (C=O) groups is 2. The average molecular weight is 266 g/mol. The van der Waals surface area contributed by atoms with Gasteiger partial charge in [0.25, 0.3) is 0 Å². The lowest BCUT2D eigenvalue weighted by atomic mass is 9.88. The molecule has 1 aliphatic rings. The molecule has 0 heterocycles. The van der Waals surface area contributed by atoms with E-state index in [0.717, 1.165) is 12.8 Å². The van der Waals surface area contributed by atoms with Gasteiger partial charge in [-0.15, -0.1) is 0 Å².